The molecule has 0 aliphatic carbocycles. The lowest BCUT2D eigenvalue weighted by Gasteiger charge is -2.17. The van der Waals surface area contributed by atoms with Crippen LogP contribution in [0.1, 0.15) is 28.5 Å². The predicted octanol–water partition coefficient (Wildman–Crippen LogP) is 4.60. The number of anilines is 1. The van der Waals surface area contributed by atoms with Crippen molar-refractivity contribution in [2.75, 3.05) is 19.5 Å². The maximum atomic E-state index is 6.30. The molecule has 0 aliphatic rings. The largest absolute Gasteiger partial charge is 0.493 e. The van der Waals surface area contributed by atoms with Crippen molar-refractivity contribution in [2.45, 2.75) is 26.8 Å². The van der Waals surface area contributed by atoms with Gasteiger partial charge in [0.25, 0.3) is 0 Å². The molecule has 0 radical (unpaired) electrons. The molecule has 0 fully saturated rings. The summed E-state index contributed by atoms with van der Waals surface area (Å²) in [6.07, 6.45) is 0. The third kappa shape index (κ3) is 3.41. The summed E-state index contributed by atoms with van der Waals surface area (Å²) in [6, 6.07) is 3.72. The van der Waals surface area contributed by atoms with E-state index in [2.05, 4.69) is 17.2 Å². The molecular formula is C15H19ClN2O2S. The van der Waals surface area contributed by atoms with Gasteiger partial charge in [-0.05, 0) is 20.8 Å². The van der Waals surface area contributed by atoms with E-state index in [1.54, 1.807) is 31.6 Å². The van der Waals surface area contributed by atoms with Crippen LogP contribution < -0.4 is 14.8 Å². The topological polar surface area (TPSA) is 43.4 Å². The summed E-state index contributed by atoms with van der Waals surface area (Å²) >= 11 is 8.00. The Kier molecular flexibility index (Phi) is 4.96. The van der Waals surface area contributed by atoms with Crippen LogP contribution in [0.3, 0.4) is 0 Å². The van der Waals surface area contributed by atoms with Crippen molar-refractivity contribution >= 4 is 28.6 Å². The highest BCUT2D eigenvalue weighted by molar-refractivity contribution is 7.11. The van der Waals surface area contributed by atoms with E-state index in [-0.39, 0.29) is 6.04 Å². The Morgan fingerprint density at radius 3 is 2.33 bits per heavy atom. The monoisotopic (exact) mass is 326 g/mol. The Labute approximate surface area is 134 Å². The number of nitrogens with one attached hydrogen (secondary N) is 1. The summed E-state index contributed by atoms with van der Waals surface area (Å²) in [5, 5.41) is 5.07. The van der Waals surface area contributed by atoms with Gasteiger partial charge in [0.2, 0.25) is 0 Å². The van der Waals surface area contributed by atoms with E-state index in [0.29, 0.717) is 16.5 Å². The van der Waals surface area contributed by atoms with Gasteiger partial charge in [-0.25, -0.2) is 4.98 Å². The zero-order valence-corrected chi connectivity index (χ0v) is 14.4. The number of benzene rings is 1. The SMILES string of the molecule is COc1cc(Cl)c(NC(C)c2sc(C)nc2C)cc1OC. The van der Waals surface area contributed by atoms with Gasteiger partial charge in [-0.2, -0.15) is 0 Å². The smallest absolute Gasteiger partial charge is 0.162 e. The van der Waals surface area contributed by atoms with E-state index < -0.39 is 0 Å². The molecule has 1 N–H and O–H groups in total. The molecule has 1 aromatic carbocycles. The van der Waals surface area contributed by atoms with Crippen molar-refractivity contribution in [1.29, 1.82) is 0 Å². The Hall–Kier alpha value is -1.46. The minimum Gasteiger partial charge on any atom is -0.493 e. The highest BCUT2D eigenvalue weighted by Crippen LogP contribution is 2.38. The maximum absolute atomic E-state index is 6.30. The quantitative estimate of drug-likeness (QED) is 0.871. The molecule has 0 saturated heterocycles. The highest BCUT2D eigenvalue weighted by Gasteiger charge is 2.16. The summed E-state index contributed by atoms with van der Waals surface area (Å²) < 4.78 is 10.6. The molecule has 1 heterocycles. The molecular weight excluding hydrogens is 308 g/mol. The molecule has 0 amide bonds. The summed E-state index contributed by atoms with van der Waals surface area (Å²) in [6.45, 7) is 6.12. The molecule has 6 heteroatoms. The molecule has 1 atom stereocenters. The lowest BCUT2D eigenvalue weighted by molar-refractivity contribution is 0.355. The van der Waals surface area contributed by atoms with Crippen molar-refractivity contribution < 1.29 is 9.47 Å². The van der Waals surface area contributed by atoms with Crippen LogP contribution in [0.2, 0.25) is 5.02 Å². The van der Waals surface area contributed by atoms with E-state index in [1.165, 1.54) is 4.88 Å². The van der Waals surface area contributed by atoms with E-state index >= 15 is 0 Å². The second-order valence-corrected chi connectivity index (χ2v) is 6.38. The number of methoxy groups -OCH3 is 2. The van der Waals surface area contributed by atoms with Crippen LogP contribution in [0.15, 0.2) is 12.1 Å². The lowest BCUT2D eigenvalue weighted by atomic mass is 10.2. The van der Waals surface area contributed by atoms with Crippen LogP contribution in [-0.4, -0.2) is 19.2 Å². The second kappa shape index (κ2) is 6.54. The molecule has 21 heavy (non-hydrogen) atoms. The number of ether oxygens (including phenoxy) is 2. The molecule has 0 spiro atoms. The standard InChI is InChI=1S/C15H19ClN2O2S/c1-8-15(21-10(3)17-8)9(2)18-12-7-14(20-5)13(19-4)6-11(12)16/h6-7,9,18H,1-5H3. The van der Waals surface area contributed by atoms with E-state index in [1.807, 2.05) is 19.9 Å². The molecule has 0 aliphatic heterocycles. The predicted molar refractivity (Wildman–Crippen MR) is 88.2 cm³/mol. The number of rotatable bonds is 5. The van der Waals surface area contributed by atoms with Gasteiger partial charge in [0, 0.05) is 17.0 Å². The maximum Gasteiger partial charge on any atom is 0.162 e. The van der Waals surface area contributed by atoms with Crippen LogP contribution in [0, 0.1) is 13.8 Å². The minimum absolute atomic E-state index is 0.117. The highest BCUT2D eigenvalue weighted by atomic mass is 35.5. The third-order valence-electron chi connectivity index (χ3n) is 3.18. The van der Waals surface area contributed by atoms with Crippen molar-refractivity contribution in [3.63, 3.8) is 0 Å². The molecule has 1 unspecified atom stereocenters. The second-order valence-electron chi connectivity index (χ2n) is 4.74. The third-order valence-corrected chi connectivity index (χ3v) is 4.75. The van der Waals surface area contributed by atoms with Gasteiger partial charge in [-0.15, -0.1) is 11.3 Å². The first-order valence-electron chi connectivity index (χ1n) is 6.58. The van der Waals surface area contributed by atoms with Crippen LogP contribution in [-0.2, 0) is 0 Å². The average Bonchev–Trinajstić information content (AvgIpc) is 2.79. The number of thiazole rings is 1. The van der Waals surface area contributed by atoms with E-state index in [0.717, 1.165) is 16.4 Å². The summed E-state index contributed by atoms with van der Waals surface area (Å²) in [5.41, 5.74) is 1.86. The zero-order valence-electron chi connectivity index (χ0n) is 12.8. The molecule has 114 valence electrons. The summed E-state index contributed by atoms with van der Waals surface area (Å²) in [7, 11) is 3.20. The van der Waals surface area contributed by atoms with E-state index in [4.69, 9.17) is 21.1 Å². The van der Waals surface area contributed by atoms with Crippen LogP contribution >= 0.6 is 22.9 Å². The normalized spacial score (nSPS) is 12.1. The number of hydrogen-bond acceptors (Lipinski definition) is 5. The van der Waals surface area contributed by atoms with Crippen LogP contribution in [0.4, 0.5) is 5.69 Å². The zero-order chi connectivity index (χ0) is 15.6. The molecule has 0 bridgehead atoms. The van der Waals surface area contributed by atoms with Gasteiger partial charge in [-0.3, -0.25) is 0 Å². The fraction of sp³-hybridized carbons (Fsp3) is 0.400. The molecule has 2 aromatic rings. The fourth-order valence-electron chi connectivity index (χ4n) is 2.21. The molecule has 2 rings (SSSR count). The van der Waals surface area contributed by atoms with Gasteiger partial charge in [0.05, 0.1) is 41.7 Å². The molecule has 4 nitrogen and oxygen atoms in total. The molecule has 1 aromatic heterocycles. The average molecular weight is 327 g/mol. The Balaban J connectivity index is 2.28. The van der Waals surface area contributed by atoms with Gasteiger partial charge < -0.3 is 14.8 Å². The van der Waals surface area contributed by atoms with Crippen molar-refractivity contribution in [3.8, 4) is 11.5 Å². The number of hydrogen-bond donors (Lipinski definition) is 1. The van der Waals surface area contributed by atoms with E-state index in [9.17, 15) is 0 Å². The minimum atomic E-state index is 0.117. The first-order valence-corrected chi connectivity index (χ1v) is 7.77. The Morgan fingerprint density at radius 1 is 1.19 bits per heavy atom. The van der Waals surface area contributed by atoms with Crippen molar-refractivity contribution in [3.05, 3.63) is 32.7 Å². The number of halogens is 1. The van der Waals surface area contributed by atoms with Crippen LogP contribution in [0.25, 0.3) is 0 Å². The van der Waals surface area contributed by atoms with Crippen LogP contribution in [0.5, 0.6) is 11.5 Å². The number of aromatic nitrogens is 1. The first kappa shape index (κ1) is 15.9. The first-order chi connectivity index (χ1) is 9.96. The number of aryl methyl sites for hydroxylation is 2. The van der Waals surface area contributed by atoms with Gasteiger partial charge in [0.1, 0.15) is 0 Å². The Bertz CT molecular complexity index is 643. The summed E-state index contributed by atoms with van der Waals surface area (Å²) in [4.78, 5) is 5.66. The van der Waals surface area contributed by atoms with Crippen molar-refractivity contribution in [2.24, 2.45) is 0 Å². The lowest BCUT2D eigenvalue weighted by Crippen LogP contribution is -2.07. The number of nitrogens with zero attached hydrogens (tertiary/aromatic N) is 1. The molecule has 0 saturated carbocycles. The summed E-state index contributed by atoms with van der Waals surface area (Å²) in [5.74, 6) is 1.26. The fourth-order valence-corrected chi connectivity index (χ4v) is 3.35. The van der Waals surface area contributed by atoms with Crippen molar-refractivity contribution in [1.82, 2.24) is 4.98 Å². The van der Waals surface area contributed by atoms with Gasteiger partial charge in [0.15, 0.2) is 11.5 Å². The van der Waals surface area contributed by atoms with Gasteiger partial charge >= 0.3 is 0 Å². The van der Waals surface area contributed by atoms with Gasteiger partial charge in [-0.1, -0.05) is 11.6 Å². The Morgan fingerprint density at radius 2 is 1.81 bits per heavy atom.